The number of amides is 1. The Kier molecular flexibility index (Phi) is 6.05. The molecule has 1 atom stereocenters. The fraction of sp³-hybridized carbons (Fsp3) is 0.185. The molecule has 2 aromatic heterocycles. The van der Waals surface area contributed by atoms with Gasteiger partial charge in [-0.15, -0.1) is 11.3 Å². The lowest BCUT2D eigenvalue weighted by Crippen LogP contribution is -2.33. The zero-order chi connectivity index (χ0) is 24.5. The van der Waals surface area contributed by atoms with Crippen LogP contribution in [0.4, 0.5) is 0 Å². The van der Waals surface area contributed by atoms with Gasteiger partial charge in [0.05, 0.1) is 30.7 Å². The summed E-state index contributed by atoms with van der Waals surface area (Å²) in [5, 5.41) is 13.7. The zero-order valence-electron chi connectivity index (χ0n) is 19.3. The van der Waals surface area contributed by atoms with Crippen molar-refractivity contribution in [3.63, 3.8) is 0 Å². The van der Waals surface area contributed by atoms with Gasteiger partial charge in [0.15, 0.2) is 5.76 Å². The molecule has 3 heterocycles. The third kappa shape index (κ3) is 4.06. The van der Waals surface area contributed by atoms with Gasteiger partial charge in [0.1, 0.15) is 11.5 Å². The van der Waals surface area contributed by atoms with Crippen molar-refractivity contribution in [2.45, 2.75) is 12.5 Å². The number of aromatic nitrogens is 1. The van der Waals surface area contributed by atoms with Gasteiger partial charge in [-0.3, -0.25) is 9.59 Å². The van der Waals surface area contributed by atoms with E-state index in [9.17, 15) is 14.7 Å². The molecule has 0 spiro atoms. The van der Waals surface area contributed by atoms with Gasteiger partial charge in [-0.05, 0) is 59.3 Å². The number of nitrogens with one attached hydrogen (secondary N) is 1. The number of H-pyrrole nitrogens is 1. The summed E-state index contributed by atoms with van der Waals surface area (Å²) < 4.78 is 10.7. The lowest BCUT2D eigenvalue weighted by molar-refractivity contribution is -0.129. The first-order valence-electron chi connectivity index (χ1n) is 11.1. The molecule has 0 radical (unpaired) electrons. The lowest BCUT2D eigenvalue weighted by atomic mass is 9.95. The van der Waals surface area contributed by atoms with Crippen molar-refractivity contribution in [1.29, 1.82) is 0 Å². The quantitative estimate of drug-likeness (QED) is 0.338. The molecule has 2 N–H and O–H groups in total. The van der Waals surface area contributed by atoms with Gasteiger partial charge in [0.25, 0.3) is 5.91 Å². The number of Topliss-reactive ketones (excluding diaryl/α,β-unsaturated/α-hetero) is 1. The normalized spacial score (nSPS) is 15.8. The smallest absolute Gasteiger partial charge is 0.290 e. The molecule has 0 saturated heterocycles. The molecule has 0 saturated carbocycles. The van der Waals surface area contributed by atoms with Gasteiger partial charge in [0.2, 0.25) is 5.78 Å². The van der Waals surface area contributed by atoms with Crippen LogP contribution in [0.5, 0.6) is 11.5 Å². The van der Waals surface area contributed by atoms with E-state index in [4.69, 9.17) is 9.47 Å². The second-order valence-electron chi connectivity index (χ2n) is 8.22. The number of hydrogen-bond acceptors (Lipinski definition) is 6. The molecule has 1 aliphatic rings. The monoisotopic (exact) mass is 488 g/mol. The van der Waals surface area contributed by atoms with Gasteiger partial charge >= 0.3 is 0 Å². The molecule has 2 aromatic carbocycles. The minimum atomic E-state index is -0.730. The number of hydrogen-bond donors (Lipinski definition) is 2. The molecule has 1 amide bonds. The van der Waals surface area contributed by atoms with Crippen LogP contribution >= 0.6 is 11.3 Å². The average Bonchev–Trinajstić information content (AvgIpc) is 3.62. The van der Waals surface area contributed by atoms with E-state index >= 15 is 0 Å². The Morgan fingerprint density at radius 1 is 1.09 bits per heavy atom. The molecule has 0 bridgehead atoms. The van der Waals surface area contributed by atoms with Crippen molar-refractivity contribution >= 4 is 33.9 Å². The Morgan fingerprint density at radius 3 is 2.63 bits per heavy atom. The molecule has 8 heteroatoms. The van der Waals surface area contributed by atoms with Crippen LogP contribution in [0.25, 0.3) is 10.9 Å². The van der Waals surface area contributed by atoms with Crippen molar-refractivity contribution in [2.75, 3.05) is 20.8 Å². The van der Waals surface area contributed by atoms with Crippen molar-refractivity contribution in [3.8, 4) is 11.5 Å². The van der Waals surface area contributed by atoms with Crippen LogP contribution in [-0.2, 0) is 11.2 Å². The summed E-state index contributed by atoms with van der Waals surface area (Å²) in [4.78, 5) is 31.9. The lowest BCUT2D eigenvalue weighted by Gasteiger charge is -2.27. The molecular formula is C27H24N2O5S. The number of aliphatic hydroxyl groups excluding tert-OH is 1. The molecule has 0 aliphatic carbocycles. The third-order valence-corrected chi connectivity index (χ3v) is 7.17. The SMILES string of the molecule is COc1cccc([C@H]2C(C(=O)c3cccs3)=C(O)C(=O)N2CCc2c[nH]c3ccc(OC)cc23)c1. The Balaban J connectivity index is 1.52. The Morgan fingerprint density at radius 2 is 1.89 bits per heavy atom. The highest BCUT2D eigenvalue weighted by atomic mass is 32.1. The van der Waals surface area contributed by atoms with Crippen LogP contribution in [0, 0.1) is 0 Å². The summed E-state index contributed by atoms with van der Waals surface area (Å²) in [6, 6.07) is 15.8. The number of carbonyl (C=O) groups is 2. The maximum absolute atomic E-state index is 13.4. The summed E-state index contributed by atoms with van der Waals surface area (Å²) in [5.41, 5.74) is 2.76. The van der Waals surface area contributed by atoms with Crippen LogP contribution in [0.15, 0.2) is 77.5 Å². The predicted octanol–water partition coefficient (Wildman–Crippen LogP) is 5.07. The van der Waals surface area contributed by atoms with Crippen LogP contribution in [-0.4, -0.2) is 47.4 Å². The first kappa shape index (κ1) is 22.7. The van der Waals surface area contributed by atoms with Gasteiger partial charge in [0, 0.05) is 23.6 Å². The van der Waals surface area contributed by atoms with Crippen LogP contribution < -0.4 is 9.47 Å². The summed E-state index contributed by atoms with van der Waals surface area (Å²) in [5.74, 6) is -0.0640. The van der Waals surface area contributed by atoms with Crippen molar-refractivity contribution in [1.82, 2.24) is 9.88 Å². The van der Waals surface area contributed by atoms with Gasteiger partial charge in [-0.25, -0.2) is 0 Å². The summed E-state index contributed by atoms with van der Waals surface area (Å²) >= 11 is 1.28. The van der Waals surface area contributed by atoms with Gasteiger partial charge in [-0.2, -0.15) is 0 Å². The van der Waals surface area contributed by atoms with Gasteiger partial charge in [-0.1, -0.05) is 18.2 Å². The Labute approximate surface area is 206 Å². The predicted molar refractivity (Wildman–Crippen MR) is 134 cm³/mol. The molecule has 1 aliphatic heterocycles. The second kappa shape index (κ2) is 9.31. The van der Waals surface area contributed by atoms with Crippen LogP contribution in [0.1, 0.15) is 26.8 Å². The van der Waals surface area contributed by atoms with Crippen LogP contribution in [0.2, 0.25) is 0 Å². The molecule has 5 rings (SSSR count). The number of rotatable bonds is 8. The molecule has 0 fully saturated rings. The zero-order valence-corrected chi connectivity index (χ0v) is 20.1. The van der Waals surface area contributed by atoms with E-state index in [1.807, 2.05) is 36.5 Å². The maximum atomic E-state index is 13.4. The van der Waals surface area contributed by atoms with Gasteiger partial charge < -0.3 is 24.5 Å². The Hall–Kier alpha value is -4.04. The number of ketones is 1. The van der Waals surface area contributed by atoms with Crippen molar-refractivity contribution in [2.24, 2.45) is 0 Å². The topological polar surface area (TPSA) is 91.9 Å². The summed E-state index contributed by atoms with van der Waals surface area (Å²) in [7, 11) is 3.18. The number of methoxy groups -OCH3 is 2. The number of nitrogens with zero attached hydrogens (tertiary/aromatic N) is 1. The van der Waals surface area contributed by atoms with E-state index in [0.717, 1.165) is 22.2 Å². The third-order valence-electron chi connectivity index (χ3n) is 6.30. The van der Waals surface area contributed by atoms with Crippen LogP contribution in [0.3, 0.4) is 0 Å². The van der Waals surface area contributed by atoms with E-state index in [1.165, 1.54) is 11.3 Å². The minimum absolute atomic E-state index is 0.0892. The van der Waals surface area contributed by atoms with Crippen molar-refractivity contribution in [3.05, 3.63) is 93.5 Å². The highest BCUT2D eigenvalue weighted by molar-refractivity contribution is 7.12. The number of thiophene rings is 1. The molecule has 7 nitrogen and oxygen atoms in total. The number of aliphatic hydroxyl groups is 1. The minimum Gasteiger partial charge on any atom is -0.503 e. The molecule has 35 heavy (non-hydrogen) atoms. The van der Waals surface area contributed by atoms with Crippen molar-refractivity contribution < 1.29 is 24.2 Å². The largest absolute Gasteiger partial charge is 0.503 e. The highest BCUT2D eigenvalue weighted by Gasteiger charge is 2.43. The number of ether oxygens (including phenoxy) is 2. The Bertz CT molecular complexity index is 1440. The highest BCUT2D eigenvalue weighted by Crippen LogP contribution is 2.40. The number of carbonyl (C=O) groups excluding carboxylic acids is 2. The summed E-state index contributed by atoms with van der Waals surface area (Å²) in [6.07, 6.45) is 2.43. The number of aromatic amines is 1. The molecule has 4 aromatic rings. The number of benzene rings is 2. The molecular weight excluding hydrogens is 464 g/mol. The fourth-order valence-electron chi connectivity index (χ4n) is 4.55. The fourth-order valence-corrected chi connectivity index (χ4v) is 5.22. The van der Waals surface area contributed by atoms with E-state index in [2.05, 4.69) is 4.98 Å². The van der Waals surface area contributed by atoms with E-state index in [-0.39, 0.29) is 11.4 Å². The average molecular weight is 489 g/mol. The summed E-state index contributed by atoms with van der Waals surface area (Å²) in [6.45, 7) is 0.302. The number of fused-ring (bicyclic) bond motifs is 1. The van der Waals surface area contributed by atoms with E-state index < -0.39 is 17.7 Å². The first-order valence-corrected chi connectivity index (χ1v) is 12.0. The van der Waals surface area contributed by atoms with E-state index in [1.54, 1.807) is 48.8 Å². The molecule has 178 valence electrons. The maximum Gasteiger partial charge on any atom is 0.290 e. The first-order chi connectivity index (χ1) is 17.0. The molecule has 0 unspecified atom stereocenters. The second-order valence-corrected chi connectivity index (χ2v) is 9.17. The van der Waals surface area contributed by atoms with E-state index in [0.29, 0.717) is 29.2 Å². The standard InChI is InChI=1S/C27H24N2O5S/c1-33-18-6-3-5-16(13-18)24-23(25(30)22-7-4-12-35-22)26(31)27(32)29(24)11-10-17-15-28-21-9-8-19(34-2)14-20(17)21/h3-9,12-15,24,28,31H,10-11H2,1-2H3/t24-/m0/s1.